The maximum Gasteiger partial charge on any atom is 0.338 e. The van der Waals surface area contributed by atoms with E-state index in [1.807, 2.05) is 27.7 Å². The second-order valence-electron chi connectivity index (χ2n) is 8.73. The Morgan fingerprint density at radius 3 is 1.94 bits per heavy atom. The molecule has 7 heteroatoms. The van der Waals surface area contributed by atoms with E-state index in [1.165, 1.54) is 0 Å². The Balaban J connectivity index is 1.76. The highest BCUT2D eigenvalue weighted by Crippen LogP contribution is 2.27. The van der Waals surface area contributed by atoms with Crippen molar-refractivity contribution in [1.82, 2.24) is 4.90 Å². The predicted octanol–water partition coefficient (Wildman–Crippen LogP) is 4.15. The molecular formula is C25H28N2O5. The molecule has 0 saturated carbocycles. The second-order valence-corrected chi connectivity index (χ2v) is 8.73. The second kappa shape index (κ2) is 9.77. The van der Waals surface area contributed by atoms with Gasteiger partial charge in [0.15, 0.2) is 0 Å². The van der Waals surface area contributed by atoms with E-state index in [9.17, 15) is 19.2 Å². The maximum absolute atomic E-state index is 13.1. The topological polar surface area (TPSA) is 92.8 Å². The molecule has 1 heterocycles. The number of fused-ring (bicyclic) bond motifs is 1. The Kier molecular flexibility index (Phi) is 7.08. The predicted molar refractivity (Wildman–Crippen MR) is 120 cm³/mol. The fourth-order valence-corrected chi connectivity index (χ4v) is 3.51. The van der Waals surface area contributed by atoms with Crippen LogP contribution in [0.2, 0.25) is 0 Å². The molecule has 1 unspecified atom stereocenters. The van der Waals surface area contributed by atoms with Crippen LogP contribution in [0.4, 0.5) is 5.69 Å². The summed E-state index contributed by atoms with van der Waals surface area (Å²) >= 11 is 0. The highest BCUT2D eigenvalue weighted by molar-refractivity contribution is 6.23. The molecule has 0 radical (unpaired) electrons. The number of esters is 1. The Morgan fingerprint density at radius 2 is 1.44 bits per heavy atom. The number of imide groups is 1. The molecular weight excluding hydrogens is 408 g/mol. The van der Waals surface area contributed by atoms with Crippen LogP contribution in [-0.4, -0.2) is 41.2 Å². The molecule has 3 rings (SSSR count). The van der Waals surface area contributed by atoms with Crippen LogP contribution >= 0.6 is 0 Å². The van der Waals surface area contributed by atoms with Gasteiger partial charge < -0.3 is 10.1 Å². The average Bonchev–Trinajstić information content (AvgIpc) is 3.01. The van der Waals surface area contributed by atoms with E-state index < -0.39 is 29.7 Å². The van der Waals surface area contributed by atoms with Crippen molar-refractivity contribution in [3.05, 3.63) is 65.2 Å². The van der Waals surface area contributed by atoms with Gasteiger partial charge in [0.1, 0.15) is 6.04 Å². The zero-order valence-corrected chi connectivity index (χ0v) is 18.8. The molecule has 0 aromatic heterocycles. The fraction of sp³-hybridized carbons (Fsp3) is 0.360. The number of nitrogens with zero attached hydrogens (tertiary/aromatic N) is 1. The first-order chi connectivity index (χ1) is 15.2. The van der Waals surface area contributed by atoms with Crippen LogP contribution < -0.4 is 5.32 Å². The Morgan fingerprint density at radius 1 is 0.875 bits per heavy atom. The third kappa shape index (κ3) is 5.04. The quantitative estimate of drug-likeness (QED) is 0.496. The van der Waals surface area contributed by atoms with Crippen molar-refractivity contribution in [2.24, 2.45) is 11.8 Å². The average molecular weight is 437 g/mol. The van der Waals surface area contributed by atoms with Crippen molar-refractivity contribution in [2.45, 2.75) is 40.2 Å². The summed E-state index contributed by atoms with van der Waals surface area (Å²) in [6.07, 6.45) is 0.330. The summed E-state index contributed by atoms with van der Waals surface area (Å²) in [6, 6.07) is 12.0. The summed E-state index contributed by atoms with van der Waals surface area (Å²) in [5, 5.41) is 2.77. The summed E-state index contributed by atoms with van der Waals surface area (Å²) in [4.78, 5) is 52.0. The van der Waals surface area contributed by atoms with E-state index in [4.69, 9.17) is 4.74 Å². The summed E-state index contributed by atoms with van der Waals surface area (Å²) in [7, 11) is 0. The fourth-order valence-electron chi connectivity index (χ4n) is 3.51. The minimum atomic E-state index is -0.946. The summed E-state index contributed by atoms with van der Waals surface area (Å²) < 4.78 is 5.21. The lowest BCUT2D eigenvalue weighted by Crippen LogP contribution is -2.47. The van der Waals surface area contributed by atoms with Crippen molar-refractivity contribution in [3.8, 4) is 0 Å². The van der Waals surface area contributed by atoms with Gasteiger partial charge in [-0.25, -0.2) is 4.79 Å². The van der Waals surface area contributed by atoms with Gasteiger partial charge in [0.2, 0.25) is 5.91 Å². The van der Waals surface area contributed by atoms with Gasteiger partial charge in [0, 0.05) is 5.69 Å². The van der Waals surface area contributed by atoms with Crippen molar-refractivity contribution in [2.75, 3.05) is 11.9 Å². The molecule has 0 aliphatic carbocycles. The molecule has 2 aromatic rings. The molecule has 0 spiro atoms. The van der Waals surface area contributed by atoms with Gasteiger partial charge in [-0.1, -0.05) is 39.8 Å². The van der Waals surface area contributed by atoms with E-state index in [1.54, 1.807) is 48.5 Å². The van der Waals surface area contributed by atoms with Crippen LogP contribution in [0.15, 0.2) is 48.5 Å². The number of rotatable bonds is 8. The Labute approximate surface area is 187 Å². The molecule has 1 atom stereocenters. The van der Waals surface area contributed by atoms with Gasteiger partial charge >= 0.3 is 5.97 Å². The van der Waals surface area contributed by atoms with Gasteiger partial charge in [0.25, 0.3) is 11.8 Å². The van der Waals surface area contributed by atoms with Gasteiger partial charge in [-0.2, -0.15) is 0 Å². The highest BCUT2D eigenvalue weighted by Gasteiger charge is 2.42. The summed E-state index contributed by atoms with van der Waals surface area (Å²) in [5.74, 6) is -1.50. The Hall–Kier alpha value is -3.48. The number of carbonyl (C=O) groups excluding carboxylic acids is 4. The number of hydrogen-bond donors (Lipinski definition) is 1. The number of anilines is 1. The first kappa shape index (κ1) is 23.2. The van der Waals surface area contributed by atoms with Gasteiger partial charge in [-0.3, -0.25) is 19.3 Å². The molecule has 3 amide bonds. The smallest absolute Gasteiger partial charge is 0.338 e. The number of ether oxygens (including phenoxy) is 1. The zero-order chi connectivity index (χ0) is 23.4. The van der Waals surface area contributed by atoms with Crippen molar-refractivity contribution in [1.29, 1.82) is 0 Å². The largest absolute Gasteiger partial charge is 0.462 e. The van der Waals surface area contributed by atoms with Crippen LogP contribution in [-0.2, 0) is 9.53 Å². The number of amides is 3. The van der Waals surface area contributed by atoms with Gasteiger partial charge in [-0.15, -0.1) is 0 Å². The lowest BCUT2D eigenvalue weighted by molar-refractivity contribution is -0.120. The van der Waals surface area contributed by atoms with Crippen molar-refractivity contribution < 1.29 is 23.9 Å². The first-order valence-electron chi connectivity index (χ1n) is 10.7. The molecule has 0 saturated heterocycles. The molecule has 168 valence electrons. The lowest BCUT2D eigenvalue weighted by Gasteiger charge is -2.26. The van der Waals surface area contributed by atoms with Crippen molar-refractivity contribution in [3.63, 3.8) is 0 Å². The molecule has 0 bridgehead atoms. The minimum absolute atomic E-state index is 0.0770. The van der Waals surface area contributed by atoms with Gasteiger partial charge in [0.05, 0.1) is 23.3 Å². The van der Waals surface area contributed by atoms with E-state index in [2.05, 4.69) is 5.32 Å². The molecule has 1 aliphatic rings. The number of carbonyl (C=O) groups is 4. The molecule has 32 heavy (non-hydrogen) atoms. The maximum atomic E-state index is 13.1. The van der Waals surface area contributed by atoms with Crippen molar-refractivity contribution >= 4 is 29.4 Å². The third-order valence-corrected chi connectivity index (χ3v) is 5.07. The Bertz CT molecular complexity index is 992. The van der Waals surface area contributed by atoms with Gasteiger partial charge in [-0.05, 0) is 54.7 Å². The van der Waals surface area contributed by atoms with E-state index in [0.717, 1.165) is 4.90 Å². The first-order valence-corrected chi connectivity index (χ1v) is 10.7. The molecule has 1 N–H and O–H groups in total. The normalized spacial score (nSPS) is 14.0. The number of nitrogens with one attached hydrogen (secondary N) is 1. The zero-order valence-electron chi connectivity index (χ0n) is 18.8. The van der Waals surface area contributed by atoms with Crippen LogP contribution in [0, 0.1) is 11.8 Å². The van der Waals surface area contributed by atoms with Crippen LogP contribution in [0.3, 0.4) is 0 Å². The molecule has 1 aliphatic heterocycles. The SMILES string of the molecule is CC(C)COC(=O)c1ccc(NC(=O)C(CC(C)C)N2C(=O)c3ccccc3C2=O)cc1. The van der Waals surface area contributed by atoms with E-state index >= 15 is 0 Å². The van der Waals surface area contributed by atoms with Crippen LogP contribution in [0.1, 0.15) is 65.2 Å². The summed E-state index contributed by atoms with van der Waals surface area (Å²) in [6.45, 7) is 8.09. The van der Waals surface area contributed by atoms with E-state index in [-0.39, 0.29) is 11.8 Å². The lowest BCUT2D eigenvalue weighted by atomic mass is 10.0. The minimum Gasteiger partial charge on any atom is -0.462 e. The van der Waals surface area contributed by atoms with Crippen LogP contribution in [0.5, 0.6) is 0 Å². The standard InChI is InChI=1S/C25H28N2O5/c1-15(2)13-21(27-23(29)19-7-5-6-8-20(19)24(27)30)22(28)26-18-11-9-17(10-12-18)25(31)32-14-16(3)4/h5-12,15-16,21H,13-14H2,1-4H3,(H,26,28). The van der Waals surface area contributed by atoms with E-state index in [0.29, 0.717) is 35.4 Å². The molecule has 0 fully saturated rings. The highest BCUT2D eigenvalue weighted by atomic mass is 16.5. The third-order valence-electron chi connectivity index (χ3n) is 5.07. The van der Waals surface area contributed by atoms with Crippen LogP contribution in [0.25, 0.3) is 0 Å². The number of benzene rings is 2. The molecule has 7 nitrogen and oxygen atoms in total. The molecule has 2 aromatic carbocycles. The summed E-state index contributed by atoms with van der Waals surface area (Å²) in [5.41, 5.74) is 1.45. The number of hydrogen-bond acceptors (Lipinski definition) is 5. The monoisotopic (exact) mass is 436 g/mol.